The Balaban J connectivity index is 2.48. The van der Waals surface area contributed by atoms with Crippen LogP contribution in [-0.2, 0) is 0 Å². The number of rotatable bonds is 5. The highest BCUT2D eigenvalue weighted by molar-refractivity contribution is 5.95. The van der Waals surface area contributed by atoms with E-state index in [1.54, 1.807) is 18.2 Å². The Hall–Kier alpha value is -2.90. The number of alkyl halides is 3. The molecule has 0 spiro atoms. The molecule has 0 aliphatic carbocycles. The van der Waals surface area contributed by atoms with Crippen molar-refractivity contribution in [1.82, 2.24) is 0 Å². The van der Waals surface area contributed by atoms with E-state index in [0.29, 0.717) is 5.75 Å². The lowest BCUT2D eigenvalue weighted by Crippen LogP contribution is -2.16. The first-order valence-electron chi connectivity index (χ1n) is 7.07. The molecule has 2 aromatic rings. The van der Waals surface area contributed by atoms with Crippen LogP contribution in [0.3, 0.4) is 0 Å². The summed E-state index contributed by atoms with van der Waals surface area (Å²) in [7, 11) is 4.20. The maximum Gasteiger partial charge on any atom is 0.506 e. The van der Waals surface area contributed by atoms with Gasteiger partial charge in [-0.2, -0.15) is 0 Å². The van der Waals surface area contributed by atoms with Crippen molar-refractivity contribution >= 4 is 5.90 Å². The zero-order valence-electron chi connectivity index (χ0n) is 13.8. The van der Waals surface area contributed by atoms with E-state index in [1.807, 2.05) is 0 Å². The molecule has 0 amide bonds. The second kappa shape index (κ2) is 7.78. The Morgan fingerprint density at radius 3 is 1.88 bits per heavy atom. The molecule has 0 N–H and O–H groups in total. The molecule has 0 radical (unpaired) electrons. The SMILES string of the molecule is COc1cc(O/C(=N/C(F)(F)F)c2ccccc2)cc(OC)c1OC. The lowest BCUT2D eigenvalue weighted by molar-refractivity contribution is -0.120. The maximum atomic E-state index is 12.8. The van der Waals surface area contributed by atoms with Gasteiger partial charge in [0.1, 0.15) is 5.75 Å². The Morgan fingerprint density at radius 2 is 1.44 bits per heavy atom. The van der Waals surface area contributed by atoms with E-state index < -0.39 is 12.2 Å². The quantitative estimate of drug-likeness (QED) is 0.461. The molecule has 0 saturated carbocycles. The van der Waals surface area contributed by atoms with Crippen molar-refractivity contribution < 1.29 is 32.1 Å². The third-order valence-corrected chi connectivity index (χ3v) is 3.10. The van der Waals surface area contributed by atoms with Crippen molar-refractivity contribution in [3.63, 3.8) is 0 Å². The number of hydrogen-bond donors (Lipinski definition) is 0. The van der Waals surface area contributed by atoms with Crippen LogP contribution in [-0.4, -0.2) is 33.5 Å². The number of halogens is 3. The summed E-state index contributed by atoms with van der Waals surface area (Å²) in [5, 5.41) is 0. The Labute approximate surface area is 142 Å². The minimum Gasteiger partial charge on any atom is -0.493 e. The summed E-state index contributed by atoms with van der Waals surface area (Å²) in [6.45, 7) is 0. The monoisotopic (exact) mass is 355 g/mol. The van der Waals surface area contributed by atoms with Crippen molar-refractivity contribution in [1.29, 1.82) is 0 Å². The van der Waals surface area contributed by atoms with Crippen LogP contribution in [0.5, 0.6) is 23.0 Å². The Bertz CT molecular complexity index is 720. The largest absolute Gasteiger partial charge is 0.506 e. The normalized spacial score (nSPS) is 11.8. The molecular weight excluding hydrogens is 339 g/mol. The summed E-state index contributed by atoms with van der Waals surface area (Å²) in [5.41, 5.74) is 0.175. The molecule has 25 heavy (non-hydrogen) atoms. The van der Waals surface area contributed by atoms with Gasteiger partial charge in [-0.15, -0.1) is 18.2 Å². The number of benzene rings is 2. The van der Waals surface area contributed by atoms with Crippen LogP contribution < -0.4 is 18.9 Å². The first kappa shape index (κ1) is 18.4. The fourth-order valence-corrected chi connectivity index (χ4v) is 2.07. The van der Waals surface area contributed by atoms with Crippen molar-refractivity contribution in [3.8, 4) is 23.0 Å². The summed E-state index contributed by atoms with van der Waals surface area (Å²) in [5.74, 6) is 0.252. The third kappa shape index (κ3) is 4.79. The molecule has 134 valence electrons. The molecule has 5 nitrogen and oxygen atoms in total. The van der Waals surface area contributed by atoms with Crippen LogP contribution in [0, 0.1) is 0 Å². The Morgan fingerprint density at radius 1 is 0.880 bits per heavy atom. The molecule has 0 aliphatic heterocycles. The molecule has 0 aliphatic rings. The van der Waals surface area contributed by atoms with E-state index in [9.17, 15) is 13.2 Å². The first-order valence-corrected chi connectivity index (χ1v) is 7.07. The van der Waals surface area contributed by atoms with Crippen LogP contribution in [0.2, 0.25) is 0 Å². The maximum absolute atomic E-state index is 12.8. The molecule has 2 aromatic carbocycles. The summed E-state index contributed by atoms with van der Waals surface area (Å²) in [6.07, 6.45) is -4.79. The van der Waals surface area contributed by atoms with E-state index in [0.717, 1.165) is 0 Å². The van der Waals surface area contributed by atoms with Gasteiger partial charge < -0.3 is 18.9 Å². The first-order chi connectivity index (χ1) is 11.9. The predicted molar refractivity (Wildman–Crippen MR) is 85.8 cm³/mol. The average Bonchev–Trinajstić information content (AvgIpc) is 2.59. The number of ether oxygens (including phenoxy) is 4. The second-order valence-corrected chi connectivity index (χ2v) is 4.71. The molecule has 0 heterocycles. The van der Waals surface area contributed by atoms with Gasteiger partial charge in [-0.05, 0) is 12.1 Å². The Kier molecular flexibility index (Phi) is 5.74. The summed E-state index contributed by atoms with van der Waals surface area (Å²) in [6, 6.07) is 10.5. The highest BCUT2D eigenvalue weighted by atomic mass is 19.4. The van der Waals surface area contributed by atoms with Crippen LogP contribution in [0.25, 0.3) is 0 Å². The molecule has 8 heteroatoms. The predicted octanol–water partition coefficient (Wildman–Crippen LogP) is 4.06. The van der Waals surface area contributed by atoms with Crippen molar-refractivity contribution in [2.75, 3.05) is 21.3 Å². The van der Waals surface area contributed by atoms with E-state index in [-0.39, 0.29) is 22.8 Å². The van der Waals surface area contributed by atoms with E-state index in [1.165, 1.54) is 45.6 Å². The van der Waals surface area contributed by atoms with Gasteiger partial charge in [-0.25, -0.2) is 0 Å². The standard InChI is InChI=1S/C17H16F3NO4/c1-22-13-9-12(10-14(23-2)15(13)24-3)25-16(21-17(18,19)20)11-7-5-4-6-8-11/h4-10H,1-3H3/b21-16+. The lowest BCUT2D eigenvalue weighted by atomic mass is 10.2. The van der Waals surface area contributed by atoms with Crippen LogP contribution in [0.4, 0.5) is 13.2 Å². The van der Waals surface area contributed by atoms with Gasteiger partial charge in [-0.3, -0.25) is 0 Å². The van der Waals surface area contributed by atoms with Gasteiger partial charge in [0.15, 0.2) is 11.5 Å². The van der Waals surface area contributed by atoms with E-state index in [4.69, 9.17) is 18.9 Å². The smallest absolute Gasteiger partial charge is 0.493 e. The zero-order chi connectivity index (χ0) is 18.4. The minimum absolute atomic E-state index is 0.0568. The van der Waals surface area contributed by atoms with Gasteiger partial charge in [0.25, 0.3) is 0 Å². The molecule has 0 aromatic heterocycles. The average molecular weight is 355 g/mol. The van der Waals surface area contributed by atoms with Gasteiger partial charge in [-0.1, -0.05) is 18.2 Å². The molecule has 0 atom stereocenters. The van der Waals surface area contributed by atoms with Crippen LogP contribution >= 0.6 is 0 Å². The van der Waals surface area contributed by atoms with Crippen molar-refractivity contribution in [2.45, 2.75) is 6.30 Å². The summed E-state index contributed by atoms with van der Waals surface area (Å²) >= 11 is 0. The van der Waals surface area contributed by atoms with Crippen LogP contribution in [0.1, 0.15) is 5.56 Å². The lowest BCUT2D eigenvalue weighted by Gasteiger charge is -2.15. The molecule has 2 rings (SSSR count). The minimum atomic E-state index is -4.79. The van der Waals surface area contributed by atoms with E-state index in [2.05, 4.69) is 4.99 Å². The van der Waals surface area contributed by atoms with Gasteiger partial charge >= 0.3 is 6.30 Å². The number of hydrogen-bond acceptors (Lipinski definition) is 5. The molecule has 0 bridgehead atoms. The topological polar surface area (TPSA) is 49.3 Å². The molecule has 0 fully saturated rings. The van der Waals surface area contributed by atoms with Crippen molar-refractivity contribution in [2.24, 2.45) is 4.99 Å². The third-order valence-electron chi connectivity index (χ3n) is 3.10. The van der Waals surface area contributed by atoms with Gasteiger partial charge in [0.05, 0.1) is 21.3 Å². The van der Waals surface area contributed by atoms with Crippen molar-refractivity contribution in [3.05, 3.63) is 48.0 Å². The fraction of sp³-hybridized carbons (Fsp3) is 0.235. The van der Waals surface area contributed by atoms with Crippen LogP contribution in [0.15, 0.2) is 47.5 Å². The highest BCUT2D eigenvalue weighted by Crippen LogP contribution is 2.41. The highest BCUT2D eigenvalue weighted by Gasteiger charge is 2.29. The van der Waals surface area contributed by atoms with Gasteiger partial charge in [0.2, 0.25) is 11.6 Å². The molecular formula is C17H16F3NO4. The molecule has 0 unspecified atom stereocenters. The summed E-state index contributed by atoms with van der Waals surface area (Å²) < 4.78 is 59.2. The number of methoxy groups -OCH3 is 3. The van der Waals surface area contributed by atoms with Gasteiger partial charge in [0, 0.05) is 17.7 Å². The summed E-state index contributed by atoms with van der Waals surface area (Å²) in [4.78, 5) is 2.71. The fourth-order valence-electron chi connectivity index (χ4n) is 2.07. The molecule has 0 saturated heterocycles. The number of nitrogens with zero attached hydrogens (tertiary/aromatic N) is 1. The second-order valence-electron chi connectivity index (χ2n) is 4.71. The van der Waals surface area contributed by atoms with E-state index >= 15 is 0 Å². The zero-order valence-corrected chi connectivity index (χ0v) is 13.8. The number of aliphatic imine (C=N–C) groups is 1.